The van der Waals surface area contributed by atoms with Gasteiger partial charge in [-0.3, -0.25) is 0 Å². The molecule has 1 aromatic rings. The maximum absolute atomic E-state index is 5.12. The quantitative estimate of drug-likeness (QED) is 0.897. The van der Waals surface area contributed by atoms with Crippen molar-refractivity contribution in [1.82, 2.24) is 5.32 Å². The van der Waals surface area contributed by atoms with Crippen LogP contribution in [0, 0.1) is 0 Å². The third kappa shape index (κ3) is 2.35. The first-order valence-electron chi connectivity index (χ1n) is 4.85. The zero-order chi connectivity index (χ0) is 9.97. The van der Waals surface area contributed by atoms with E-state index in [0.29, 0.717) is 12.1 Å². The average molecular weight is 256 g/mol. The molecule has 0 aliphatic carbocycles. The minimum absolute atomic E-state index is 0.400. The van der Waals surface area contributed by atoms with Gasteiger partial charge in [-0.25, -0.2) is 0 Å². The summed E-state index contributed by atoms with van der Waals surface area (Å²) in [6.07, 6.45) is 0. The highest BCUT2D eigenvalue weighted by atomic mass is 79.9. The van der Waals surface area contributed by atoms with Crippen LogP contribution in [-0.4, -0.2) is 19.3 Å². The molecule has 1 N–H and O–H groups in total. The lowest BCUT2D eigenvalue weighted by Gasteiger charge is -2.30. The van der Waals surface area contributed by atoms with E-state index in [1.165, 1.54) is 5.56 Å². The van der Waals surface area contributed by atoms with Gasteiger partial charge in [0.15, 0.2) is 0 Å². The lowest BCUT2D eigenvalue weighted by molar-refractivity contribution is -0.00925. The van der Waals surface area contributed by atoms with Crippen LogP contribution < -0.4 is 5.32 Å². The second-order valence-corrected chi connectivity index (χ2v) is 4.59. The van der Waals surface area contributed by atoms with E-state index < -0.39 is 0 Å². The topological polar surface area (TPSA) is 21.3 Å². The Morgan fingerprint density at radius 1 is 1.36 bits per heavy atom. The van der Waals surface area contributed by atoms with Crippen LogP contribution >= 0.6 is 15.9 Å². The Labute approximate surface area is 92.8 Å². The molecular formula is C11H14BrNO. The first-order valence-corrected chi connectivity index (χ1v) is 5.64. The molecule has 1 fully saturated rings. The van der Waals surface area contributed by atoms with Crippen molar-refractivity contribution in [3.8, 4) is 0 Å². The summed E-state index contributed by atoms with van der Waals surface area (Å²) < 4.78 is 6.25. The predicted molar refractivity (Wildman–Crippen MR) is 60.3 cm³/mol. The lowest BCUT2D eigenvalue weighted by atomic mass is 10.1. The van der Waals surface area contributed by atoms with E-state index in [1.807, 2.05) is 0 Å². The molecule has 1 aliphatic rings. The van der Waals surface area contributed by atoms with Crippen molar-refractivity contribution in [2.45, 2.75) is 19.0 Å². The highest BCUT2D eigenvalue weighted by Crippen LogP contribution is 2.17. The first kappa shape index (κ1) is 10.1. The van der Waals surface area contributed by atoms with Crippen LogP contribution in [0.1, 0.15) is 18.5 Å². The van der Waals surface area contributed by atoms with Gasteiger partial charge in [0.1, 0.15) is 0 Å². The molecule has 2 nitrogen and oxygen atoms in total. The number of ether oxygens (including phenoxy) is 1. The van der Waals surface area contributed by atoms with E-state index in [9.17, 15) is 0 Å². The second-order valence-electron chi connectivity index (χ2n) is 3.67. The van der Waals surface area contributed by atoms with Gasteiger partial charge in [0, 0.05) is 10.5 Å². The Morgan fingerprint density at radius 3 is 2.50 bits per heavy atom. The molecule has 0 radical (unpaired) electrons. The summed E-state index contributed by atoms with van der Waals surface area (Å²) in [5.41, 5.74) is 1.32. The summed E-state index contributed by atoms with van der Waals surface area (Å²) in [7, 11) is 0. The monoisotopic (exact) mass is 255 g/mol. The zero-order valence-electron chi connectivity index (χ0n) is 8.16. The number of hydrogen-bond acceptors (Lipinski definition) is 2. The third-order valence-electron chi connectivity index (χ3n) is 2.49. The van der Waals surface area contributed by atoms with Crippen molar-refractivity contribution in [3.05, 3.63) is 34.3 Å². The van der Waals surface area contributed by atoms with Crippen LogP contribution in [0.4, 0.5) is 0 Å². The van der Waals surface area contributed by atoms with Crippen molar-refractivity contribution in [2.75, 3.05) is 13.2 Å². The van der Waals surface area contributed by atoms with Gasteiger partial charge in [0.05, 0.1) is 19.3 Å². The van der Waals surface area contributed by atoms with Gasteiger partial charge in [-0.1, -0.05) is 28.1 Å². The summed E-state index contributed by atoms with van der Waals surface area (Å²) in [4.78, 5) is 0. The van der Waals surface area contributed by atoms with Crippen molar-refractivity contribution >= 4 is 15.9 Å². The highest BCUT2D eigenvalue weighted by Gasteiger charge is 2.20. The van der Waals surface area contributed by atoms with Crippen LogP contribution in [-0.2, 0) is 4.74 Å². The molecule has 0 bridgehead atoms. The Balaban J connectivity index is 1.95. The van der Waals surface area contributed by atoms with Crippen LogP contribution in [0.5, 0.6) is 0 Å². The molecule has 0 saturated carbocycles. The van der Waals surface area contributed by atoms with Gasteiger partial charge in [-0.05, 0) is 24.6 Å². The molecule has 0 amide bonds. The minimum atomic E-state index is 0.400. The number of benzene rings is 1. The van der Waals surface area contributed by atoms with Crippen LogP contribution in [0.2, 0.25) is 0 Å². The molecule has 76 valence electrons. The van der Waals surface area contributed by atoms with E-state index in [1.54, 1.807) is 0 Å². The summed E-state index contributed by atoms with van der Waals surface area (Å²) in [5, 5.41) is 3.51. The molecule has 14 heavy (non-hydrogen) atoms. The average Bonchev–Trinajstić information content (AvgIpc) is 2.12. The normalized spacial score (nSPS) is 19.0. The van der Waals surface area contributed by atoms with Crippen molar-refractivity contribution in [1.29, 1.82) is 0 Å². The first-order chi connectivity index (χ1) is 6.75. The summed E-state index contributed by atoms with van der Waals surface area (Å²) in [6.45, 7) is 3.88. The van der Waals surface area contributed by atoms with Gasteiger partial charge < -0.3 is 10.1 Å². The molecule has 2 rings (SSSR count). The Hall–Kier alpha value is -0.380. The molecule has 1 saturated heterocycles. The molecule has 1 atom stereocenters. The molecule has 0 spiro atoms. The second kappa shape index (κ2) is 4.43. The maximum atomic E-state index is 5.12. The SMILES string of the molecule is C[C@@H](NC1COC1)c1ccc(Br)cc1. The highest BCUT2D eigenvalue weighted by molar-refractivity contribution is 9.10. The van der Waals surface area contributed by atoms with Crippen LogP contribution in [0.3, 0.4) is 0 Å². The Morgan fingerprint density at radius 2 is 2.00 bits per heavy atom. The third-order valence-corrected chi connectivity index (χ3v) is 3.02. The van der Waals surface area contributed by atoms with Crippen molar-refractivity contribution < 1.29 is 4.74 Å². The number of rotatable bonds is 3. The summed E-state index contributed by atoms with van der Waals surface area (Å²) in [6, 6.07) is 9.36. The zero-order valence-corrected chi connectivity index (χ0v) is 9.75. The summed E-state index contributed by atoms with van der Waals surface area (Å²) in [5.74, 6) is 0. The van der Waals surface area contributed by atoms with Gasteiger partial charge >= 0.3 is 0 Å². The van der Waals surface area contributed by atoms with E-state index in [-0.39, 0.29) is 0 Å². The van der Waals surface area contributed by atoms with E-state index >= 15 is 0 Å². The minimum Gasteiger partial charge on any atom is -0.378 e. The van der Waals surface area contributed by atoms with E-state index in [0.717, 1.165) is 17.7 Å². The Kier molecular flexibility index (Phi) is 3.21. The van der Waals surface area contributed by atoms with Crippen molar-refractivity contribution in [3.63, 3.8) is 0 Å². The van der Waals surface area contributed by atoms with E-state index in [4.69, 9.17) is 4.74 Å². The molecule has 1 heterocycles. The number of nitrogens with one attached hydrogen (secondary N) is 1. The van der Waals surface area contributed by atoms with Gasteiger partial charge in [0.25, 0.3) is 0 Å². The predicted octanol–water partition coefficient (Wildman–Crippen LogP) is 2.50. The molecule has 3 heteroatoms. The number of hydrogen-bond donors (Lipinski definition) is 1. The van der Waals surface area contributed by atoms with Gasteiger partial charge in [-0.15, -0.1) is 0 Å². The number of halogens is 1. The maximum Gasteiger partial charge on any atom is 0.0643 e. The standard InChI is InChI=1S/C11H14BrNO/c1-8(13-11-6-14-7-11)9-2-4-10(12)5-3-9/h2-5,8,11,13H,6-7H2,1H3/t8-/m1/s1. The molecule has 1 aliphatic heterocycles. The van der Waals surface area contributed by atoms with Crippen LogP contribution in [0.25, 0.3) is 0 Å². The van der Waals surface area contributed by atoms with Crippen molar-refractivity contribution in [2.24, 2.45) is 0 Å². The largest absolute Gasteiger partial charge is 0.378 e. The summed E-state index contributed by atoms with van der Waals surface area (Å²) >= 11 is 3.43. The lowest BCUT2D eigenvalue weighted by Crippen LogP contribution is -2.46. The fourth-order valence-corrected chi connectivity index (χ4v) is 1.80. The molecule has 0 aromatic heterocycles. The fraction of sp³-hybridized carbons (Fsp3) is 0.455. The smallest absolute Gasteiger partial charge is 0.0643 e. The van der Waals surface area contributed by atoms with Gasteiger partial charge in [0.2, 0.25) is 0 Å². The fourth-order valence-electron chi connectivity index (χ4n) is 1.53. The molecule has 1 aromatic carbocycles. The molecule has 0 unspecified atom stereocenters. The Bertz CT molecular complexity index is 295. The van der Waals surface area contributed by atoms with E-state index in [2.05, 4.69) is 52.4 Å². The van der Waals surface area contributed by atoms with Crippen LogP contribution in [0.15, 0.2) is 28.7 Å². The molecular weight excluding hydrogens is 242 g/mol. The van der Waals surface area contributed by atoms with Gasteiger partial charge in [-0.2, -0.15) is 0 Å².